The highest BCUT2D eigenvalue weighted by molar-refractivity contribution is 5.75. The Kier molecular flexibility index (Phi) is 3.80. The van der Waals surface area contributed by atoms with Gasteiger partial charge < -0.3 is 9.67 Å². The van der Waals surface area contributed by atoms with Gasteiger partial charge in [-0.3, -0.25) is 14.9 Å². The fourth-order valence-electron chi connectivity index (χ4n) is 4.98. The first kappa shape index (κ1) is 16.0. The molecule has 1 N–H and O–H groups in total. The van der Waals surface area contributed by atoms with E-state index in [2.05, 4.69) is 37.8 Å². The molecule has 2 aliphatic rings. The molecule has 0 amide bonds. The fraction of sp³-hybridized carbons (Fsp3) is 0.429. The van der Waals surface area contributed by atoms with Gasteiger partial charge in [-0.05, 0) is 55.5 Å². The molecule has 1 unspecified atom stereocenters. The van der Waals surface area contributed by atoms with E-state index in [9.17, 15) is 5.11 Å². The summed E-state index contributed by atoms with van der Waals surface area (Å²) >= 11 is 0. The standard InChI is InChI=1S/C21H24N4O/c26-21(15-24-10-7-19-20(24)4-2-9-23-19)11-17-5-6-18(12-21)25(17)14-16-3-1-8-22-13-16/h1-4,7-10,13,17-18,26H,5-6,11-12,14-15H2/t17-,18+,21?. The lowest BCUT2D eigenvalue weighted by Gasteiger charge is -2.44. The van der Waals surface area contributed by atoms with Crippen molar-refractivity contribution in [2.45, 2.75) is 56.5 Å². The van der Waals surface area contributed by atoms with Gasteiger partial charge in [0.1, 0.15) is 0 Å². The molecule has 2 saturated heterocycles. The SMILES string of the molecule is OC1(Cn2ccc3ncccc32)C[C@H]2CC[C@@H](C1)N2Cc1cccnc1. The molecule has 0 spiro atoms. The largest absolute Gasteiger partial charge is 0.388 e. The lowest BCUT2D eigenvalue weighted by molar-refractivity contribution is -0.0644. The van der Waals surface area contributed by atoms with Gasteiger partial charge in [0.15, 0.2) is 0 Å². The van der Waals surface area contributed by atoms with E-state index in [-0.39, 0.29) is 0 Å². The minimum Gasteiger partial charge on any atom is -0.388 e. The number of hydrogen-bond donors (Lipinski definition) is 1. The summed E-state index contributed by atoms with van der Waals surface area (Å²) in [7, 11) is 0. The smallest absolute Gasteiger partial charge is 0.0880 e. The topological polar surface area (TPSA) is 54.2 Å². The van der Waals surface area contributed by atoms with E-state index in [0.29, 0.717) is 18.6 Å². The minimum atomic E-state index is -0.640. The van der Waals surface area contributed by atoms with Crippen LogP contribution >= 0.6 is 0 Å². The molecule has 3 atom stereocenters. The molecule has 5 nitrogen and oxygen atoms in total. The molecule has 0 saturated carbocycles. The zero-order chi connectivity index (χ0) is 17.6. The van der Waals surface area contributed by atoms with Crippen molar-refractivity contribution < 1.29 is 5.11 Å². The molecule has 0 aliphatic carbocycles. The first-order valence-corrected chi connectivity index (χ1v) is 9.47. The van der Waals surface area contributed by atoms with Crippen molar-refractivity contribution in [2.75, 3.05) is 0 Å². The van der Waals surface area contributed by atoms with Crippen molar-refractivity contribution in [3.05, 3.63) is 60.7 Å². The van der Waals surface area contributed by atoms with Crippen LogP contribution in [0.4, 0.5) is 0 Å². The van der Waals surface area contributed by atoms with Crippen LogP contribution in [-0.4, -0.2) is 42.2 Å². The molecular weight excluding hydrogens is 324 g/mol. The van der Waals surface area contributed by atoms with Crippen molar-refractivity contribution in [3.8, 4) is 0 Å². The Hall–Kier alpha value is -2.24. The Morgan fingerprint density at radius 3 is 2.65 bits per heavy atom. The van der Waals surface area contributed by atoms with E-state index in [1.807, 2.05) is 36.8 Å². The van der Waals surface area contributed by atoms with E-state index in [0.717, 1.165) is 30.4 Å². The Labute approximate surface area is 153 Å². The van der Waals surface area contributed by atoms with Crippen molar-refractivity contribution in [1.82, 2.24) is 19.4 Å². The molecule has 2 fully saturated rings. The van der Waals surface area contributed by atoms with E-state index in [1.165, 1.54) is 18.4 Å². The third-order valence-electron chi connectivity index (χ3n) is 6.09. The van der Waals surface area contributed by atoms with Crippen LogP contribution in [0.15, 0.2) is 55.1 Å². The summed E-state index contributed by atoms with van der Waals surface area (Å²) in [5.74, 6) is 0. The minimum absolute atomic E-state index is 0.457. The van der Waals surface area contributed by atoms with Crippen LogP contribution in [0.5, 0.6) is 0 Å². The molecule has 3 aromatic heterocycles. The third-order valence-corrected chi connectivity index (χ3v) is 6.09. The normalized spacial score (nSPS) is 28.7. The summed E-state index contributed by atoms with van der Waals surface area (Å²) in [5.41, 5.74) is 2.72. The Balaban J connectivity index is 1.35. The van der Waals surface area contributed by atoms with Gasteiger partial charge in [0.2, 0.25) is 0 Å². The molecule has 3 aromatic rings. The predicted octanol–water partition coefficient (Wildman–Crippen LogP) is 2.99. The van der Waals surface area contributed by atoms with Crippen LogP contribution in [-0.2, 0) is 13.1 Å². The number of rotatable bonds is 4. The first-order chi connectivity index (χ1) is 12.7. The summed E-state index contributed by atoms with van der Waals surface area (Å²) in [6.45, 7) is 1.59. The summed E-state index contributed by atoms with van der Waals surface area (Å²) in [5, 5.41) is 11.4. The molecule has 5 heterocycles. The average Bonchev–Trinajstić information content (AvgIpc) is 3.15. The van der Waals surface area contributed by atoms with Crippen LogP contribution in [0.3, 0.4) is 0 Å². The van der Waals surface area contributed by atoms with Gasteiger partial charge in [-0.2, -0.15) is 0 Å². The van der Waals surface area contributed by atoms with Crippen molar-refractivity contribution in [1.29, 1.82) is 0 Å². The summed E-state index contributed by atoms with van der Waals surface area (Å²) in [6.07, 6.45) is 11.7. The molecule has 5 heteroatoms. The molecule has 2 aliphatic heterocycles. The predicted molar refractivity (Wildman–Crippen MR) is 101 cm³/mol. The van der Waals surface area contributed by atoms with Crippen LogP contribution < -0.4 is 0 Å². The van der Waals surface area contributed by atoms with Gasteiger partial charge in [-0.15, -0.1) is 0 Å². The molecule has 2 bridgehead atoms. The Bertz CT molecular complexity index is 893. The average molecular weight is 348 g/mol. The van der Waals surface area contributed by atoms with Crippen LogP contribution in [0, 0.1) is 0 Å². The lowest BCUT2D eigenvalue weighted by Crippen LogP contribution is -2.52. The maximum atomic E-state index is 11.4. The zero-order valence-electron chi connectivity index (χ0n) is 14.8. The van der Waals surface area contributed by atoms with E-state index >= 15 is 0 Å². The van der Waals surface area contributed by atoms with Gasteiger partial charge in [0, 0.05) is 43.4 Å². The van der Waals surface area contributed by atoms with E-state index in [4.69, 9.17) is 0 Å². The Morgan fingerprint density at radius 1 is 1.08 bits per heavy atom. The highest BCUT2D eigenvalue weighted by Gasteiger charge is 2.47. The first-order valence-electron chi connectivity index (χ1n) is 9.47. The van der Waals surface area contributed by atoms with Gasteiger partial charge >= 0.3 is 0 Å². The van der Waals surface area contributed by atoms with E-state index in [1.54, 1.807) is 0 Å². The van der Waals surface area contributed by atoms with Gasteiger partial charge in [0.25, 0.3) is 0 Å². The summed E-state index contributed by atoms with van der Waals surface area (Å²) < 4.78 is 2.17. The molecule has 134 valence electrons. The van der Waals surface area contributed by atoms with Crippen LogP contribution in [0.25, 0.3) is 11.0 Å². The van der Waals surface area contributed by atoms with Gasteiger partial charge in [0.05, 0.1) is 23.2 Å². The Morgan fingerprint density at radius 2 is 1.88 bits per heavy atom. The van der Waals surface area contributed by atoms with E-state index < -0.39 is 5.60 Å². The van der Waals surface area contributed by atoms with Gasteiger partial charge in [-0.25, -0.2) is 0 Å². The second-order valence-electron chi connectivity index (χ2n) is 7.90. The number of hydrogen-bond acceptors (Lipinski definition) is 4. The number of aromatic nitrogens is 3. The zero-order valence-corrected chi connectivity index (χ0v) is 14.8. The maximum absolute atomic E-state index is 11.4. The summed E-state index contributed by atoms with van der Waals surface area (Å²) in [4.78, 5) is 11.2. The number of aliphatic hydroxyl groups is 1. The van der Waals surface area contributed by atoms with Crippen LogP contribution in [0.1, 0.15) is 31.2 Å². The second-order valence-corrected chi connectivity index (χ2v) is 7.90. The van der Waals surface area contributed by atoms with Crippen molar-refractivity contribution >= 4 is 11.0 Å². The van der Waals surface area contributed by atoms with Crippen molar-refractivity contribution in [3.63, 3.8) is 0 Å². The second kappa shape index (κ2) is 6.18. The number of piperidine rings is 1. The highest BCUT2D eigenvalue weighted by atomic mass is 16.3. The lowest BCUT2D eigenvalue weighted by atomic mass is 9.85. The summed E-state index contributed by atoms with van der Waals surface area (Å²) in [6, 6.07) is 11.1. The third kappa shape index (κ3) is 2.81. The number of pyridine rings is 2. The molecule has 0 aromatic carbocycles. The molecule has 26 heavy (non-hydrogen) atoms. The van der Waals surface area contributed by atoms with Gasteiger partial charge in [-0.1, -0.05) is 6.07 Å². The molecular formula is C21H24N4O. The molecule has 5 rings (SSSR count). The maximum Gasteiger partial charge on any atom is 0.0880 e. The highest BCUT2D eigenvalue weighted by Crippen LogP contribution is 2.42. The number of fused-ring (bicyclic) bond motifs is 3. The fourth-order valence-corrected chi connectivity index (χ4v) is 4.98. The van der Waals surface area contributed by atoms with Crippen LogP contribution in [0.2, 0.25) is 0 Å². The monoisotopic (exact) mass is 348 g/mol. The van der Waals surface area contributed by atoms with Crippen molar-refractivity contribution in [2.24, 2.45) is 0 Å². The quantitative estimate of drug-likeness (QED) is 0.787. The number of nitrogens with zero attached hydrogens (tertiary/aromatic N) is 4. The molecule has 0 radical (unpaired) electrons.